The number of carbonyl (C=O) groups is 2. The molecule has 0 saturated heterocycles. The molecule has 2 unspecified atom stereocenters. The van der Waals surface area contributed by atoms with Crippen LogP contribution in [-0.2, 0) is 14.3 Å². The van der Waals surface area contributed by atoms with Crippen molar-refractivity contribution >= 4 is 11.9 Å². The molecule has 0 aliphatic carbocycles. The van der Waals surface area contributed by atoms with Crippen molar-refractivity contribution in [1.82, 2.24) is 0 Å². The molecule has 0 amide bonds. The summed E-state index contributed by atoms with van der Waals surface area (Å²) >= 11 is 0. The number of carbonyl (C=O) groups excluding carboxylic acids is 2. The summed E-state index contributed by atoms with van der Waals surface area (Å²) < 4.78 is 10.4. The number of nitrogens with two attached hydrogens (primary N) is 1. The van der Waals surface area contributed by atoms with Crippen molar-refractivity contribution in [3.8, 4) is 0 Å². The van der Waals surface area contributed by atoms with Crippen LogP contribution >= 0.6 is 0 Å². The van der Waals surface area contributed by atoms with Gasteiger partial charge in [-0.15, -0.1) is 0 Å². The highest BCUT2D eigenvalue weighted by molar-refractivity contribution is 5.93. The van der Waals surface area contributed by atoms with E-state index >= 15 is 0 Å². The van der Waals surface area contributed by atoms with Gasteiger partial charge in [-0.05, 0) is 25.8 Å². The van der Waals surface area contributed by atoms with E-state index in [0.717, 1.165) is 5.56 Å². The third-order valence-corrected chi connectivity index (χ3v) is 3.11. The van der Waals surface area contributed by atoms with Crippen LogP contribution in [0, 0.1) is 0 Å². The van der Waals surface area contributed by atoms with Crippen molar-refractivity contribution in [1.29, 1.82) is 0 Å². The molecular formula is C14H17NO4. The van der Waals surface area contributed by atoms with Crippen molar-refractivity contribution in [2.45, 2.75) is 32.0 Å². The van der Waals surface area contributed by atoms with Crippen LogP contribution in [-0.4, -0.2) is 24.6 Å². The molecule has 5 nitrogen and oxygen atoms in total. The number of rotatable bonds is 5. The Morgan fingerprint density at radius 2 is 2.21 bits per heavy atom. The summed E-state index contributed by atoms with van der Waals surface area (Å²) in [6, 6.07) is 7.34. The molecule has 19 heavy (non-hydrogen) atoms. The Labute approximate surface area is 111 Å². The standard InChI is InChI=1S/C14H17NO4/c1-9(18-13(16)8-15)6-7-12-10-4-2-3-5-11(10)14(17)19-12/h2-5,9,12H,6-8,15H2,1H3. The Morgan fingerprint density at radius 3 is 2.95 bits per heavy atom. The zero-order valence-corrected chi connectivity index (χ0v) is 10.8. The molecule has 102 valence electrons. The van der Waals surface area contributed by atoms with Crippen molar-refractivity contribution in [2.75, 3.05) is 6.54 Å². The van der Waals surface area contributed by atoms with E-state index in [9.17, 15) is 9.59 Å². The summed E-state index contributed by atoms with van der Waals surface area (Å²) in [5, 5.41) is 0. The van der Waals surface area contributed by atoms with Crippen LogP contribution in [0.4, 0.5) is 0 Å². The van der Waals surface area contributed by atoms with Crippen LogP contribution in [0.3, 0.4) is 0 Å². The normalized spacial score (nSPS) is 18.6. The molecule has 0 aromatic heterocycles. The van der Waals surface area contributed by atoms with Crippen molar-refractivity contribution in [3.63, 3.8) is 0 Å². The first-order valence-electron chi connectivity index (χ1n) is 6.31. The average Bonchev–Trinajstić information content (AvgIpc) is 2.74. The number of fused-ring (bicyclic) bond motifs is 1. The highest BCUT2D eigenvalue weighted by Crippen LogP contribution is 2.33. The zero-order valence-electron chi connectivity index (χ0n) is 10.8. The van der Waals surface area contributed by atoms with E-state index in [4.69, 9.17) is 15.2 Å². The van der Waals surface area contributed by atoms with Gasteiger partial charge in [0.2, 0.25) is 0 Å². The highest BCUT2D eigenvalue weighted by atomic mass is 16.6. The summed E-state index contributed by atoms with van der Waals surface area (Å²) in [5.41, 5.74) is 6.71. The number of ether oxygens (including phenoxy) is 2. The first-order chi connectivity index (χ1) is 9.11. The summed E-state index contributed by atoms with van der Waals surface area (Å²) in [5.74, 6) is -0.705. The van der Waals surface area contributed by atoms with Gasteiger partial charge in [-0.25, -0.2) is 4.79 Å². The first kappa shape index (κ1) is 13.5. The van der Waals surface area contributed by atoms with Gasteiger partial charge in [0.25, 0.3) is 0 Å². The molecule has 1 aliphatic rings. The first-order valence-corrected chi connectivity index (χ1v) is 6.31. The van der Waals surface area contributed by atoms with Crippen LogP contribution in [0.25, 0.3) is 0 Å². The average molecular weight is 263 g/mol. The monoisotopic (exact) mass is 263 g/mol. The van der Waals surface area contributed by atoms with Gasteiger partial charge in [0.05, 0.1) is 18.2 Å². The second-order valence-electron chi connectivity index (χ2n) is 4.56. The molecule has 0 radical (unpaired) electrons. The molecule has 1 aromatic rings. The molecule has 1 heterocycles. The third kappa shape index (κ3) is 3.12. The lowest BCUT2D eigenvalue weighted by atomic mass is 10.0. The maximum atomic E-state index is 11.6. The molecule has 0 spiro atoms. The highest BCUT2D eigenvalue weighted by Gasteiger charge is 2.30. The Morgan fingerprint density at radius 1 is 1.47 bits per heavy atom. The summed E-state index contributed by atoms with van der Waals surface area (Å²) in [4.78, 5) is 22.7. The van der Waals surface area contributed by atoms with Gasteiger partial charge >= 0.3 is 11.9 Å². The second-order valence-corrected chi connectivity index (χ2v) is 4.56. The zero-order chi connectivity index (χ0) is 13.8. The fourth-order valence-corrected chi connectivity index (χ4v) is 2.15. The van der Waals surface area contributed by atoms with Crippen LogP contribution < -0.4 is 5.73 Å². The number of hydrogen-bond acceptors (Lipinski definition) is 5. The molecule has 2 rings (SSSR count). The third-order valence-electron chi connectivity index (χ3n) is 3.11. The number of cyclic esters (lactones) is 1. The van der Waals surface area contributed by atoms with Gasteiger partial charge < -0.3 is 15.2 Å². The van der Waals surface area contributed by atoms with Crippen molar-refractivity contribution < 1.29 is 19.1 Å². The summed E-state index contributed by atoms with van der Waals surface area (Å²) in [7, 11) is 0. The Balaban J connectivity index is 1.91. The molecule has 2 N–H and O–H groups in total. The fraction of sp³-hybridized carbons (Fsp3) is 0.429. The predicted octanol–water partition coefficient (Wildman–Crippen LogP) is 1.57. The number of hydrogen-bond donors (Lipinski definition) is 1. The van der Waals surface area contributed by atoms with Gasteiger partial charge in [0.15, 0.2) is 0 Å². The van der Waals surface area contributed by atoms with E-state index in [2.05, 4.69) is 0 Å². The lowest BCUT2D eigenvalue weighted by molar-refractivity contribution is -0.147. The Bertz CT molecular complexity index is 486. The lowest BCUT2D eigenvalue weighted by Crippen LogP contribution is -2.22. The smallest absolute Gasteiger partial charge is 0.339 e. The largest absolute Gasteiger partial charge is 0.462 e. The Kier molecular flexibility index (Phi) is 4.16. The van der Waals surface area contributed by atoms with E-state index in [0.29, 0.717) is 18.4 Å². The topological polar surface area (TPSA) is 78.6 Å². The van der Waals surface area contributed by atoms with Gasteiger partial charge in [-0.3, -0.25) is 4.79 Å². The predicted molar refractivity (Wildman–Crippen MR) is 68.4 cm³/mol. The maximum Gasteiger partial charge on any atom is 0.339 e. The van der Waals surface area contributed by atoms with Gasteiger partial charge in [-0.1, -0.05) is 18.2 Å². The molecule has 5 heteroatoms. The van der Waals surface area contributed by atoms with Crippen molar-refractivity contribution in [3.05, 3.63) is 35.4 Å². The second kappa shape index (κ2) is 5.84. The quantitative estimate of drug-likeness (QED) is 0.816. The van der Waals surface area contributed by atoms with Crippen LogP contribution in [0.15, 0.2) is 24.3 Å². The SMILES string of the molecule is CC(CCC1OC(=O)c2ccccc21)OC(=O)CN. The molecule has 0 bridgehead atoms. The van der Waals surface area contributed by atoms with E-state index in [1.54, 1.807) is 13.0 Å². The minimum Gasteiger partial charge on any atom is -0.462 e. The molecule has 0 fully saturated rings. The van der Waals surface area contributed by atoms with E-state index in [-0.39, 0.29) is 24.7 Å². The fourth-order valence-electron chi connectivity index (χ4n) is 2.15. The van der Waals surface area contributed by atoms with Crippen molar-refractivity contribution in [2.24, 2.45) is 5.73 Å². The van der Waals surface area contributed by atoms with Gasteiger partial charge in [0, 0.05) is 5.56 Å². The number of benzene rings is 1. The van der Waals surface area contributed by atoms with E-state index < -0.39 is 5.97 Å². The summed E-state index contributed by atoms with van der Waals surface area (Å²) in [6.45, 7) is 1.68. The van der Waals surface area contributed by atoms with Crippen LogP contribution in [0.2, 0.25) is 0 Å². The van der Waals surface area contributed by atoms with Crippen LogP contribution in [0.1, 0.15) is 41.8 Å². The van der Waals surface area contributed by atoms with Gasteiger partial charge in [0.1, 0.15) is 6.10 Å². The van der Waals surface area contributed by atoms with E-state index in [1.807, 2.05) is 18.2 Å². The minimum atomic E-state index is -0.420. The lowest BCUT2D eigenvalue weighted by Gasteiger charge is -2.15. The summed E-state index contributed by atoms with van der Waals surface area (Å²) in [6.07, 6.45) is 0.769. The molecule has 1 aliphatic heterocycles. The van der Waals surface area contributed by atoms with Crippen LogP contribution in [0.5, 0.6) is 0 Å². The van der Waals surface area contributed by atoms with E-state index in [1.165, 1.54) is 0 Å². The number of esters is 2. The minimum absolute atomic E-state index is 0.119. The molecule has 1 aromatic carbocycles. The molecule has 0 saturated carbocycles. The molecule has 2 atom stereocenters. The molecular weight excluding hydrogens is 246 g/mol. The van der Waals surface area contributed by atoms with Gasteiger partial charge in [-0.2, -0.15) is 0 Å². The maximum absolute atomic E-state index is 11.6. The Hall–Kier alpha value is -1.88.